The zero-order chi connectivity index (χ0) is 12.5. The lowest BCUT2D eigenvalue weighted by Gasteiger charge is -2.49. The van der Waals surface area contributed by atoms with Gasteiger partial charge in [-0.2, -0.15) is 0 Å². The van der Waals surface area contributed by atoms with E-state index in [4.69, 9.17) is 0 Å². The average Bonchev–Trinajstić information content (AvgIpc) is 2.20. The van der Waals surface area contributed by atoms with Gasteiger partial charge >= 0.3 is 0 Å². The van der Waals surface area contributed by atoms with Crippen molar-refractivity contribution >= 4 is 0 Å². The normalized spacial score (nSPS) is 38.5. The van der Waals surface area contributed by atoms with Crippen molar-refractivity contribution in [2.24, 2.45) is 22.7 Å². The Morgan fingerprint density at radius 3 is 2.12 bits per heavy atom. The highest BCUT2D eigenvalue weighted by atomic mass is 14.5. The van der Waals surface area contributed by atoms with E-state index in [0.717, 1.165) is 11.8 Å². The summed E-state index contributed by atoms with van der Waals surface area (Å²) in [5.74, 6) is 2.03. The smallest absolute Gasteiger partial charge is 0.0295 e. The van der Waals surface area contributed by atoms with Gasteiger partial charge in [0.2, 0.25) is 0 Å². The molecule has 0 nitrogen and oxygen atoms in total. The molecule has 0 heteroatoms. The first-order valence-electron chi connectivity index (χ1n) is 7.97. The van der Waals surface area contributed by atoms with Gasteiger partial charge in [0.15, 0.2) is 0 Å². The molecule has 2 rings (SSSR count). The number of hydrogen-bond acceptors (Lipinski definition) is 0. The summed E-state index contributed by atoms with van der Waals surface area (Å²) >= 11 is 0. The van der Waals surface area contributed by atoms with Crippen LogP contribution in [0.3, 0.4) is 0 Å². The molecule has 0 aliphatic heterocycles. The van der Waals surface area contributed by atoms with E-state index in [1.54, 1.807) is 0 Å². The predicted octanol–water partition coefficient (Wildman–Crippen LogP) is 5.81. The first-order valence-corrected chi connectivity index (χ1v) is 7.97. The van der Waals surface area contributed by atoms with Crippen molar-refractivity contribution in [1.29, 1.82) is 0 Å². The van der Waals surface area contributed by atoms with E-state index in [-0.39, 0.29) is 0 Å². The minimum Gasteiger partial charge on any atom is -0.0649 e. The van der Waals surface area contributed by atoms with Crippen molar-refractivity contribution in [3.05, 3.63) is 0 Å². The van der Waals surface area contributed by atoms with E-state index in [1.807, 2.05) is 0 Å². The molecule has 2 fully saturated rings. The van der Waals surface area contributed by atoms with E-state index in [9.17, 15) is 0 Å². The Bertz CT molecular complexity index is 243. The maximum atomic E-state index is 2.58. The lowest BCUT2D eigenvalue weighted by Crippen LogP contribution is -2.38. The van der Waals surface area contributed by atoms with Crippen molar-refractivity contribution in [3.63, 3.8) is 0 Å². The molecule has 0 aromatic heterocycles. The topological polar surface area (TPSA) is 0 Å². The highest BCUT2D eigenvalue weighted by Crippen LogP contribution is 2.53. The fraction of sp³-hybridized carbons (Fsp3) is 1.00. The Morgan fingerprint density at radius 2 is 1.71 bits per heavy atom. The lowest BCUT2D eigenvalue weighted by atomic mass is 9.56. The molecule has 0 heterocycles. The van der Waals surface area contributed by atoms with Crippen LogP contribution in [0.2, 0.25) is 0 Å². The summed E-state index contributed by atoms with van der Waals surface area (Å²) in [7, 11) is 0. The molecule has 2 aliphatic carbocycles. The van der Waals surface area contributed by atoms with Crippen molar-refractivity contribution in [2.45, 2.75) is 85.5 Å². The van der Waals surface area contributed by atoms with Crippen molar-refractivity contribution < 1.29 is 0 Å². The molecule has 1 unspecified atom stereocenters. The number of rotatable bonds is 4. The molecule has 2 saturated carbocycles. The minimum absolute atomic E-state index is 0.646. The van der Waals surface area contributed by atoms with E-state index in [0.29, 0.717) is 10.8 Å². The summed E-state index contributed by atoms with van der Waals surface area (Å²) in [6.07, 6.45) is 13.3. The molecule has 0 spiro atoms. The Hall–Kier alpha value is 0. The van der Waals surface area contributed by atoms with E-state index in [1.165, 1.54) is 57.8 Å². The summed E-state index contributed by atoms with van der Waals surface area (Å²) in [5.41, 5.74) is 1.31. The van der Waals surface area contributed by atoms with Gasteiger partial charge in [-0.1, -0.05) is 53.4 Å². The second kappa shape index (κ2) is 4.94. The Kier molecular flexibility index (Phi) is 3.90. The largest absolute Gasteiger partial charge is 0.0649 e. The first-order chi connectivity index (χ1) is 7.97. The summed E-state index contributed by atoms with van der Waals surface area (Å²) in [5, 5.41) is 0. The van der Waals surface area contributed by atoms with E-state index in [2.05, 4.69) is 27.7 Å². The third-order valence-corrected chi connectivity index (χ3v) is 6.21. The molecular formula is C17H32. The zero-order valence-electron chi connectivity index (χ0n) is 12.5. The molecule has 0 bridgehead atoms. The van der Waals surface area contributed by atoms with E-state index >= 15 is 0 Å². The van der Waals surface area contributed by atoms with Crippen LogP contribution >= 0.6 is 0 Å². The standard InChI is InChI=1S/C17H32/c1-5-17(4,15-7-6-8-15)13-16(3)11-9-14(2)10-12-16/h14-15H,5-13H2,1-4H3. The summed E-state index contributed by atoms with van der Waals surface area (Å²) in [4.78, 5) is 0. The Labute approximate surface area is 109 Å². The second-order valence-electron chi connectivity index (χ2n) is 7.81. The Morgan fingerprint density at radius 1 is 1.12 bits per heavy atom. The highest BCUT2D eigenvalue weighted by molar-refractivity contribution is 4.93. The quantitative estimate of drug-likeness (QED) is 0.578. The van der Waals surface area contributed by atoms with Gasteiger partial charge in [-0.3, -0.25) is 0 Å². The molecular weight excluding hydrogens is 204 g/mol. The zero-order valence-corrected chi connectivity index (χ0v) is 12.5. The highest BCUT2D eigenvalue weighted by Gasteiger charge is 2.42. The lowest BCUT2D eigenvalue weighted by molar-refractivity contribution is 0.0184. The maximum Gasteiger partial charge on any atom is -0.0295 e. The van der Waals surface area contributed by atoms with Crippen LogP contribution in [0.15, 0.2) is 0 Å². The second-order valence-corrected chi connectivity index (χ2v) is 7.81. The summed E-state index contributed by atoms with van der Waals surface area (Å²) < 4.78 is 0. The van der Waals surface area contributed by atoms with Crippen LogP contribution in [0, 0.1) is 22.7 Å². The molecule has 0 saturated heterocycles. The fourth-order valence-corrected chi connectivity index (χ4v) is 4.27. The van der Waals surface area contributed by atoms with Crippen LogP contribution in [0.25, 0.3) is 0 Å². The van der Waals surface area contributed by atoms with E-state index < -0.39 is 0 Å². The molecule has 2 aliphatic rings. The number of hydrogen-bond donors (Lipinski definition) is 0. The van der Waals surface area contributed by atoms with Crippen molar-refractivity contribution in [1.82, 2.24) is 0 Å². The van der Waals surface area contributed by atoms with Crippen LogP contribution in [0.4, 0.5) is 0 Å². The first kappa shape index (κ1) is 13.4. The van der Waals surface area contributed by atoms with Gasteiger partial charge in [0.25, 0.3) is 0 Å². The molecule has 0 amide bonds. The van der Waals surface area contributed by atoms with Crippen molar-refractivity contribution in [3.8, 4) is 0 Å². The van der Waals surface area contributed by atoms with Gasteiger partial charge in [-0.05, 0) is 54.8 Å². The SMILES string of the molecule is CCC(C)(CC1(C)CCC(C)CC1)C1CCC1. The van der Waals surface area contributed by atoms with Gasteiger partial charge in [-0.15, -0.1) is 0 Å². The third kappa shape index (κ3) is 2.88. The van der Waals surface area contributed by atoms with Crippen LogP contribution in [0.1, 0.15) is 85.5 Å². The molecule has 1 atom stereocenters. The van der Waals surface area contributed by atoms with Gasteiger partial charge in [-0.25, -0.2) is 0 Å². The van der Waals surface area contributed by atoms with Gasteiger partial charge in [0.1, 0.15) is 0 Å². The maximum absolute atomic E-state index is 2.58. The molecule has 17 heavy (non-hydrogen) atoms. The minimum atomic E-state index is 0.646. The van der Waals surface area contributed by atoms with Crippen LogP contribution in [-0.2, 0) is 0 Å². The summed E-state index contributed by atoms with van der Waals surface area (Å²) in [6, 6.07) is 0. The van der Waals surface area contributed by atoms with Crippen LogP contribution < -0.4 is 0 Å². The molecule has 0 aromatic carbocycles. The third-order valence-electron chi connectivity index (χ3n) is 6.21. The average molecular weight is 236 g/mol. The fourth-order valence-electron chi connectivity index (χ4n) is 4.27. The summed E-state index contributed by atoms with van der Waals surface area (Å²) in [6.45, 7) is 10.0. The molecule has 100 valence electrons. The molecule has 0 radical (unpaired) electrons. The Balaban J connectivity index is 1.97. The van der Waals surface area contributed by atoms with Gasteiger partial charge < -0.3 is 0 Å². The monoisotopic (exact) mass is 236 g/mol. The molecule has 0 N–H and O–H groups in total. The van der Waals surface area contributed by atoms with Gasteiger partial charge in [0.05, 0.1) is 0 Å². The van der Waals surface area contributed by atoms with Gasteiger partial charge in [0, 0.05) is 0 Å². The van der Waals surface area contributed by atoms with Crippen LogP contribution in [-0.4, -0.2) is 0 Å². The predicted molar refractivity (Wildman–Crippen MR) is 76.1 cm³/mol. The van der Waals surface area contributed by atoms with Crippen molar-refractivity contribution in [2.75, 3.05) is 0 Å². The molecule has 0 aromatic rings. The van der Waals surface area contributed by atoms with Crippen LogP contribution in [0.5, 0.6) is 0 Å².